The fourth-order valence-corrected chi connectivity index (χ4v) is 1.58. The summed E-state index contributed by atoms with van der Waals surface area (Å²) in [5.74, 6) is 0.299. The highest BCUT2D eigenvalue weighted by atomic mass is 32.2. The van der Waals surface area contributed by atoms with Crippen LogP contribution in [0.1, 0.15) is 19.3 Å². The molecule has 0 bridgehead atoms. The molecule has 1 aliphatic carbocycles. The zero-order valence-electron chi connectivity index (χ0n) is 6.77. The average Bonchev–Trinajstić information content (AvgIpc) is 2.02. The van der Waals surface area contributed by atoms with E-state index < -0.39 is 10.3 Å². The number of allylic oxidation sites excluding steroid dienone is 2. The number of hydrogen-bond acceptors (Lipinski definition) is 3. The SMILES string of the molecule is NS(=O)(=O)OC[C@@H]1CC=CCC1. The van der Waals surface area contributed by atoms with Crippen LogP contribution in [0.5, 0.6) is 0 Å². The van der Waals surface area contributed by atoms with Gasteiger partial charge in [0.2, 0.25) is 0 Å². The maximum atomic E-state index is 10.4. The van der Waals surface area contributed by atoms with Gasteiger partial charge in [0, 0.05) is 0 Å². The number of hydrogen-bond donors (Lipinski definition) is 1. The minimum Gasteiger partial charge on any atom is -0.258 e. The third-order valence-electron chi connectivity index (χ3n) is 1.85. The minimum absolute atomic E-state index is 0.211. The molecular weight excluding hydrogens is 178 g/mol. The van der Waals surface area contributed by atoms with Gasteiger partial charge < -0.3 is 0 Å². The molecule has 70 valence electrons. The first kappa shape index (κ1) is 9.70. The van der Waals surface area contributed by atoms with E-state index in [0.29, 0.717) is 5.92 Å². The standard InChI is InChI=1S/C7H13NO3S/c8-12(9,10)11-6-7-4-2-1-3-5-7/h1-2,7H,3-6H2,(H2,8,9,10)/t7-/m1/s1. The van der Waals surface area contributed by atoms with Crippen LogP contribution in [0.3, 0.4) is 0 Å². The van der Waals surface area contributed by atoms with E-state index >= 15 is 0 Å². The molecular formula is C7H13NO3S. The van der Waals surface area contributed by atoms with Gasteiger partial charge in [0.05, 0.1) is 6.61 Å². The van der Waals surface area contributed by atoms with Crippen molar-refractivity contribution in [2.75, 3.05) is 6.61 Å². The first-order valence-electron chi connectivity index (χ1n) is 3.90. The van der Waals surface area contributed by atoms with E-state index in [2.05, 4.69) is 15.4 Å². The summed E-state index contributed by atoms with van der Waals surface area (Å²) in [6.45, 7) is 0.211. The van der Waals surface area contributed by atoms with Gasteiger partial charge in [-0.3, -0.25) is 4.18 Å². The molecule has 0 unspecified atom stereocenters. The lowest BCUT2D eigenvalue weighted by Gasteiger charge is -2.16. The molecule has 1 aliphatic rings. The van der Waals surface area contributed by atoms with Crippen LogP contribution in [0.2, 0.25) is 0 Å². The van der Waals surface area contributed by atoms with Crippen molar-refractivity contribution < 1.29 is 12.6 Å². The fourth-order valence-electron chi connectivity index (χ4n) is 1.20. The summed E-state index contributed by atoms with van der Waals surface area (Å²) in [5, 5.41) is 4.68. The van der Waals surface area contributed by atoms with Crippen molar-refractivity contribution in [3.05, 3.63) is 12.2 Å². The van der Waals surface area contributed by atoms with Crippen molar-refractivity contribution in [1.82, 2.24) is 0 Å². The summed E-state index contributed by atoms with van der Waals surface area (Å²) in [6.07, 6.45) is 6.99. The van der Waals surface area contributed by atoms with Gasteiger partial charge in [-0.05, 0) is 25.2 Å². The lowest BCUT2D eigenvalue weighted by atomic mass is 9.96. The van der Waals surface area contributed by atoms with Crippen LogP contribution < -0.4 is 5.14 Å². The van der Waals surface area contributed by atoms with Gasteiger partial charge in [-0.1, -0.05) is 12.2 Å². The molecule has 0 saturated carbocycles. The van der Waals surface area contributed by atoms with E-state index in [1.807, 2.05) is 6.08 Å². The summed E-state index contributed by atoms with van der Waals surface area (Å²) >= 11 is 0. The summed E-state index contributed by atoms with van der Waals surface area (Å²) in [7, 11) is -3.75. The quantitative estimate of drug-likeness (QED) is 0.663. The van der Waals surface area contributed by atoms with Gasteiger partial charge >= 0.3 is 10.3 Å². The maximum absolute atomic E-state index is 10.4. The Hall–Kier alpha value is -0.390. The second-order valence-electron chi connectivity index (χ2n) is 2.93. The first-order chi connectivity index (χ1) is 5.58. The molecule has 0 spiro atoms. The van der Waals surface area contributed by atoms with Gasteiger partial charge in [-0.2, -0.15) is 8.42 Å². The van der Waals surface area contributed by atoms with Crippen LogP contribution >= 0.6 is 0 Å². The van der Waals surface area contributed by atoms with Crippen LogP contribution in [-0.4, -0.2) is 15.0 Å². The topological polar surface area (TPSA) is 69.4 Å². The third-order valence-corrected chi connectivity index (χ3v) is 2.31. The van der Waals surface area contributed by atoms with Crippen LogP contribution in [0, 0.1) is 5.92 Å². The maximum Gasteiger partial charge on any atom is 0.333 e. The van der Waals surface area contributed by atoms with E-state index in [4.69, 9.17) is 0 Å². The van der Waals surface area contributed by atoms with Gasteiger partial charge in [0.25, 0.3) is 0 Å². The van der Waals surface area contributed by atoms with Crippen molar-refractivity contribution in [3.8, 4) is 0 Å². The second-order valence-corrected chi connectivity index (χ2v) is 4.15. The number of rotatable bonds is 3. The van der Waals surface area contributed by atoms with Gasteiger partial charge in [-0.25, -0.2) is 5.14 Å². The molecule has 0 amide bonds. The Labute approximate surface area is 72.7 Å². The van der Waals surface area contributed by atoms with Crippen LogP contribution in [-0.2, 0) is 14.5 Å². The first-order valence-corrected chi connectivity index (χ1v) is 5.37. The molecule has 1 rings (SSSR count). The minimum atomic E-state index is -3.75. The van der Waals surface area contributed by atoms with Crippen molar-refractivity contribution in [1.29, 1.82) is 0 Å². The highest BCUT2D eigenvalue weighted by Gasteiger charge is 2.12. The van der Waals surface area contributed by atoms with Gasteiger partial charge in [0.15, 0.2) is 0 Å². The molecule has 5 heteroatoms. The highest BCUT2D eigenvalue weighted by molar-refractivity contribution is 7.84. The van der Waals surface area contributed by atoms with Crippen molar-refractivity contribution >= 4 is 10.3 Å². The zero-order valence-corrected chi connectivity index (χ0v) is 7.59. The molecule has 0 aromatic heterocycles. The number of nitrogens with two attached hydrogens (primary N) is 1. The third kappa shape index (κ3) is 3.85. The molecule has 4 nitrogen and oxygen atoms in total. The summed E-state index contributed by atoms with van der Waals surface area (Å²) in [5.41, 5.74) is 0. The lowest BCUT2D eigenvalue weighted by Crippen LogP contribution is -2.21. The van der Waals surface area contributed by atoms with E-state index in [-0.39, 0.29) is 6.61 Å². The Morgan fingerprint density at radius 3 is 2.75 bits per heavy atom. The molecule has 0 fully saturated rings. The molecule has 0 aliphatic heterocycles. The van der Waals surface area contributed by atoms with E-state index in [1.54, 1.807) is 0 Å². The van der Waals surface area contributed by atoms with Gasteiger partial charge in [0.1, 0.15) is 0 Å². The molecule has 0 heterocycles. The van der Waals surface area contributed by atoms with Crippen LogP contribution in [0.4, 0.5) is 0 Å². The van der Waals surface area contributed by atoms with E-state index in [0.717, 1.165) is 19.3 Å². The summed E-state index contributed by atoms with van der Waals surface area (Å²) < 4.78 is 25.3. The largest absolute Gasteiger partial charge is 0.333 e. The van der Waals surface area contributed by atoms with Crippen molar-refractivity contribution in [2.45, 2.75) is 19.3 Å². The van der Waals surface area contributed by atoms with E-state index in [9.17, 15) is 8.42 Å². The Morgan fingerprint density at radius 1 is 1.50 bits per heavy atom. The molecule has 12 heavy (non-hydrogen) atoms. The monoisotopic (exact) mass is 191 g/mol. The lowest BCUT2D eigenvalue weighted by molar-refractivity contribution is 0.244. The average molecular weight is 191 g/mol. The van der Waals surface area contributed by atoms with Crippen molar-refractivity contribution in [2.24, 2.45) is 11.1 Å². The Bertz CT molecular complexity index is 258. The molecule has 0 aromatic rings. The molecule has 0 saturated heterocycles. The predicted molar refractivity (Wildman–Crippen MR) is 45.5 cm³/mol. The predicted octanol–water partition coefficient (Wildman–Crippen LogP) is 0.563. The zero-order chi connectivity index (χ0) is 9.03. The summed E-state index contributed by atoms with van der Waals surface area (Å²) in [4.78, 5) is 0. The Balaban J connectivity index is 2.28. The molecule has 0 aromatic carbocycles. The fraction of sp³-hybridized carbons (Fsp3) is 0.714. The van der Waals surface area contributed by atoms with Crippen molar-refractivity contribution in [3.63, 3.8) is 0 Å². The molecule has 2 N–H and O–H groups in total. The Kier molecular flexibility index (Phi) is 3.25. The Morgan fingerprint density at radius 2 is 2.25 bits per heavy atom. The molecule has 0 radical (unpaired) electrons. The normalized spacial score (nSPS) is 24.2. The van der Waals surface area contributed by atoms with Crippen LogP contribution in [0.15, 0.2) is 12.2 Å². The highest BCUT2D eigenvalue weighted by Crippen LogP contribution is 2.18. The second kappa shape index (κ2) is 4.02. The summed E-state index contributed by atoms with van der Waals surface area (Å²) in [6, 6.07) is 0. The smallest absolute Gasteiger partial charge is 0.258 e. The van der Waals surface area contributed by atoms with E-state index in [1.165, 1.54) is 0 Å². The molecule has 1 atom stereocenters. The van der Waals surface area contributed by atoms with Crippen LogP contribution in [0.25, 0.3) is 0 Å². The van der Waals surface area contributed by atoms with Gasteiger partial charge in [-0.15, -0.1) is 0 Å².